The Morgan fingerprint density at radius 2 is 1.77 bits per heavy atom. The maximum Gasteiger partial charge on any atom is 0.244 e. The summed E-state index contributed by atoms with van der Waals surface area (Å²) in [6.45, 7) is 0. The summed E-state index contributed by atoms with van der Waals surface area (Å²) >= 11 is 1.59. The van der Waals surface area contributed by atoms with Gasteiger partial charge in [0.15, 0.2) is 5.82 Å². The molecule has 128 valence electrons. The number of thiophene rings is 1. The molecule has 1 unspecified atom stereocenters. The van der Waals surface area contributed by atoms with Crippen molar-refractivity contribution in [3.05, 3.63) is 77.0 Å². The molecule has 0 fully saturated rings. The third-order valence-corrected chi connectivity index (χ3v) is 4.76. The van der Waals surface area contributed by atoms with Gasteiger partial charge in [-0.25, -0.2) is 9.97 Å². The topological polar surface area (TPSA) is 80.9 Å². The summed E-state index contributed by atoms with van der Waals surface area (Å²) in [7, 11) is 0. The van der Waals surface area contributed by atoms with E-state index >= 15 is 0 Å². The van der Waals surface area contributed by atoms with Crippen molar-refractivity contribution in [3.63, 3.8) is 0 Å². The van der Waals surface area contributed by atoms with Crippen LogP contribution in [0.2, 0.25) is 0 Å². The SMILES string of the molecule is NC(=O)C(Nc1nc(-c2ccsc2)nc2ccccc12)c1ccccc1. The molecule has 0 saturated heterocycles. The number of hydrogen-bond acceptors (Lipinski definition) is 5. The van der Waals surface area contributed by atoms with Crippen molar-refractivity contribution in [2.24, 2.45) is 5.73 Å². The Bertz CT molecular complexity index is 1050. The number of primary amides is 1. The van der Waals surface area contributed by atoms with Crippen molar-refractivity contribution in [2.75, 3.05) is 5.32 Å². The van der Waals surface area contributed by atoms with E-state index in [1.807, 2.05) is 71.4 Å². The zero-order valence-electron chi connectivity index (χ0n) is 13.8. The quantitative estimate of drug-likeness (QED) is 0.564. The first kappa shape index (κ1) is 16.2. The molecule has 0 aliphatic carbocycles. The third kappa shape index (κ3) is 3.14. The molecule has 0 aliphatic heterocycles. The van der Waals surface area contributed by atoms with E-state index in [0.717, 1.165) is 22.0 Å². The Morgan fingerprint density at radius 3 is 2.50 bits per heavy atom. The van der Waals surface area contributed by atoms with Gasteiger partial charge in [-0.1, -0.05) is 42.5 Å². The van der Waals surface area contributed by atoms with E-state index in [2.05, 4.69) is 15.3 Å². The van der Waals surface area contributed by atoms with Crippen LogP contribution in [0.15, 0.2) is 71.4 Å². The van der Waals surface area contributed by atoms with Crippen LogP contribution in [0, 0.1) is 0 Å². The van der Waals surface area contributed by atoms with E-state index in [-0.39, 0.29) is 0 Å². The predicted octanol–water partition coefficient (Wildman–Crippen LogP) is 4.00. The van der Waals surface area contributed by atoms with Crippen LogP contribution in [-0.2, 0) is 4.79 Å². The van der Waals surface area contributed by atoms with E-state index in [4.69, 9.17) is 5.73 Å². The minimum Gasteiger partial charge on any atom is -0.368 e. The molecular formula is C20H16N4OS. The normalized spacial score (nSPS) is 12.0. The van der Waals surface area contributed by atoms with E-state index in [0.29, 0.717) is 11.6 Å². The number of nitrogens with one attached hydrogen (secondary N) is 1. The van der Waals surface area contributed by atoms with Crippen LogP contribution < -0.4 is 11.1 Å². The Balaban J connectivity index is 1.83. The van der Waals surface area contributed by atoms with Crippen LogP contribution in [0.1, 0.15) is 11.6 Å². The monoisotopic (exact) mass is 360 g/mol. The van der Waals surface area contributed by atoms with Gasteiger partial charge in [-0.3, -0.25) is 4.79 Å². The van der Waals surface area contributed by atoms with Gasteiger partial charge in [0.2, 0.25) is 5.91 Å². The number of amides is 1. The Hall–Kier alpha value is -3.25. The first-order valence-corrected chi connectivity index (χ1v) is 9.07. The summed E-state index contributed by atoms with van der Waals surface area (Å²) in [5.41, 5.74) is 8.19. The summed E-state index contributed by atoms with van der Waals surface area (Å²) in [5, 5.41) is 8.04. The highest BCUT2D eigenvalue weighted by Gasteiger charge is 2.20. The molecule has 0 saturated carbocycles. The molecule has 1 atom stereocenters. The molecule has 0 spiro atoms. The summed E-state index contributed by atoms with van der Waals surface area (Å²) in [5.74, 6) is 0.740. The standard InChI is InChI=1S/C20H16N4OS/c21-18(25)17(13-6-2-1-3-7-13)23-20-15-8-4-5-9-16(15)22-19(24-20)14-10-11-26-12-14/h1-12,17H,(H2,21,25)(H,22,23,24). The van der Waals surface area contributed by atoms with Crippen LogP contribution in [0.3, 0.4) is 0 Å². The van der Waals surface area contributed by atoms with Crippen LogP contribution in [0.5, 0.6) is 0 Å². The molecule has 3 N–H and O–H groups in total. The zero-order valence-corrected chi connectivity index (χ0v) is 14.6. The first-order valence-electron chi connectivity index (χ1n) is 8.12. The van der Waals surface area contributed by atoms with Crippen LogP contribution in [-0.4, -0.2) is 15.9 Å². The largest absolute Gasteiger partial charge is 0.368 e. The molecule has 2 aromatic carbocycles. The minimum atomic E-state index is -0.676. The summed E-state index contributed by atoms with van der Waals surface area (Å²) in [6.07, 6.45) is 0. The summed E-state index contributed by atoms with van der Waals surface area (Å²) < 4.78 is 0. The summed E-state index contributed by atoms with van der Waals surface area (Å²) in [4.78, 5) is 21.4. The fraction of sp³-hybridized carbons (Fsp3) is 0.0500. The average Bonchev–Trinajstić information content (AvgIpc) is 3.21. The maximum absolute atomic E-state index is 12.1. The number of nitrogens with two attached hydrogens (primary N) is 1. The van der Waals surface area contributed by atoms with Crippen LogP contribution >= 0.6 is 11.3 Å². The lowest BCUT2D eigenvalue weighted by Gasteiger charge is -2.18. The number of hydrogen-bond donors (Lipinski definition) is 2. The van der Waals surface area contributed by atoms with Crippen molar-refractivity contribution >= 4 is 34.0 Å². The molecular weight excluding hydrogens is 344 g/mol. The van der Waals surface area contributed by atoms with Gasteiger partial charge in [-0.15, -0.1) is 0 Å². The average molecular weight is 360 g/mol. The fourth-order valence-corrected chi connectivity index (χ4v) is 3.44. The highest BCUT2D eigenvalue weighted by Crippen LogP contribution is 2.28. The highest BCUT2D eigenvalue weighted by molar-refractivity contribution is 7.08. The van der Waals surface area contributed by atoms with Gasteiger partial charge in [-0.2, -0.15) is 11.3 Å². The molecule has 0 radical (unpaired) electrons. The number of nitrogens with zero attached hydrogens (tertiary/aromatic N) is 2. The van der Waals surface area contributed by atoms with Crippen molar-refractivity contribution in [1.29, 1.82) is 0 Å². The zero-order chi connectivity index (χ0) is 17.9. The molecule has 0 aliphatic rings. The van der Waals surface area contributed by atoms with Crippen molar-refractivity contribution in [3.8, 4) is 11.4 Å². The number of benzene rings is 2. The van der Waals surface area contributed by atoms with Gasteiger partial charge < -0.3 is 11.1 Å². The molecule has 2 heterocycles. The van der Waals surface area contributed by atoms with E-state index in [1.54, 1.807) is 11.3 Å². The molecule has 1 amide bonds. The van der Waals surface area contributed by atoms with Crippen molar-refractivity contribution in [2.45, 2.75) is 6.04 Å². The number of para-hydroxylation sites is 1. The lowest BCUT2D eigenvalue weighted by molar-refractivity contribution is -0.118. The molecule has 2 aromatic heterocycles. The van der Waals surface area contributed by atoms with Gasteiger partial charge in [0.1, 0.15) is 11.9 Å². The number of fused-ring (bicyclic) bond motifs is 1. The summed E-state index contributed by atoms with van der Waals surface area (Å²) in [6, 6.07) is 18.4. The second kappa shape index (κ2) is 6.93. The van der Waals surface area contributed by atoms with E-state index in [1.165, 1.54) is 0 Å². The van der Waals surface area contributed by atoms with Gasteiger partial charge in [0.05, 0.1) is 5.52 Å². The molecule has 6 heteroatoms. The molecule has 0 bridgehead atoms. The van der Waals surface area contributed by atoms with Gasteiger partial charge in [-0.05, 0) is 29.1 Å². The van der Waals surface area contributed by atoms with E-state index < -0.39 is 11.9 Å². The number of carbonyl (C=O) groups excluding carboxylic acids is 1. The van der Waals surface area contributed by atoms with Crippen LogP contribution in [0.4, 0.5) is 5.82 Å². The Morgan fingerprint density at radius 1 is 1.00 bits per heavy atom. The lowest BCUT2D eigenvalue weighted by Crippen LogP contribution is -2.28. The van der Waals surface area contributed by atoms with E-state index in [9.17, 15) is 4.79 Å². The van der Waals surface area contributed by atoms with Gasteiger partial charge >= 0.3 is 0 Å². The molecule has 26 heavy (non-hydrogen) atoms. The number of anilines is 1. The third-order valence-electron chi connectivity index (χ3n) is 4.08. The Labute approximate surface area is 154 Å². The Kier molecular flexibility index (Phi) is 4.33. The number of carbonyl (C=O) groups is 1. The lowest BCUT2D eigenvalue weighted by atomic mass is 10.1. The molecule has 4 aromatic rings. The van der Waals surface area contributed by atoms with Crippen molar-refractivity contribution in [1.82, 2.24) is 9.97 Å². The molecule has 5 nitrogen and oxygen atoms in total. The van der Waals surface area contributed by atoms with Crippen LogP contribution in [0.25, 0.3) is 22.3 Å². The number of aromatic nitrogens is 2. The molecule has 4 rings (SSSR count). The predicted molar refractivity (Wildman–Crippen MR) is 105 cm³/mol. The second-order valence-corrected chi connectivity index (χ2v) is 6.60. The maximum atomic E-state index is 12.1. The first-order chi connectivity index (χ1) is 12.7. The fourth-order valence-electron chi connectivity index (χ4n) is 2.81. The second-order valence-electron chi connectivity index (χ2n) is 5.82. The van der Waals surface area contributed by atoms with Crippen molar-refractivity contribution < 1.29 is 4.79 Å². The highest BCUT2D eigenvalue weighted by atomic mass is 32.1. The minimum absolute atomic E-state index is 0.462. The van der Waals surface area contributed by atoms with Gasteiger partial charge in [0.25, 0.3) is 0 Å². The number of rotatable bonds is 5. The smallest absolute Gasteiger partial charge is 0.244 e. The van der Waals surface area contributed by atoms with Gasteiger partial charge in [0, 0.05) is 16.3 Å².